The molecule has 98 valence electrons. The molecule has 0 unspecified atom stereocenters. The molecule has 0 aromatic rings. The van der Waals surface area contributed by atoms with Gasteiger partial charge in [-0.05, 0) is 26.0 Å². The molecule has 5 nitrogen and oxygen atoms in total. The number of hydrogen-bond acceptors (Lipinski definition) is 4. The van der Waals surface area contributed by atoms with E-state index < -0.39 is 10.2 Å². The number of rotatable bonds is 9. The van der Waals surface area contributed by atoms with Crippen molar-refractivity contribution in [3.8, 4) is 0 Å². The Kier molecular flexibility index (Phi) is 8.39. The van der Waals surface area contributed by atoms with E-state index in [4.69, 9.17) is 5.11 Å². The molecule has 16 heavy (non-hydrogen) atoms. The lowest BCUT2D eigenvalue weighted by atomic mass is 10.4. The quantitative estimate of drug-likeness (QED) is 0.590. The van der Waals surface area contributed by atoms with Crippen molar-refractivity contribution < 1.29 is 13.5 Å². The Labute approximate surface area is 103 Å². The van der Waals surface area contributed by atoms with E-state index in [2.05, 4.69) is 4.72 Å². The maximum absolute atomic E-state index is 11.6. The maximum Gasteiger partial charge on any atom is 0.279 e. The third-order valence-corrected chi connectivity index (χ3v) is 4.90. The second kappa shape index (κ2) is 8.30. The van der Waals surface area contributed by atoms with Crippen LogP contribution in [0.3, 0.4) is 0 Å². The highest BCUT2D eigenvalue weighted by atomic mass is 32.2. The first-order valence-electron chi connectivity index (χ1n) is 5.33. The van der Waals surface area contributed by atoms with Gasteiger partial charge in [-0.1, -0.05) is 0 Å². The Morgan fingerprint density at radius 3 is 2.50 bits per heavy atom. The molecule has 7 heteroatoms. The molecule has 0 heterocycles. The highest BCUT2D eigenvalue weighted by Gasteiger charge is 2.18. The highest BCUT2D eigenvalue weighted by Crippen LogP contribution is 2.03. The zero-order valence-electron chi connectivity index (χ0n) is 10.1. The Hall–Kier alpha value is 0.180. The van der Waals surface area contributed by atoms with Gasteiger partial charge < -0.3 is 5.11 Å². The Balaban J connectivity index is 3.75. The maximum atomic E-state index is 11.6. The van der Waals surface area contributed by atoms with Crippen molar-refractivity contribution in [3.63, 3.8) is 0 Å². The lowest BCUT2D eigenvalue weighted by molar-refractivity contribution is 0.296. The van der Waals surface area contributed by atoms with Crippen molar-refractivity contribution in [2.45, 2.75) is 26.3 Å². The average Bonchev–Trinajstić information content (AvgIpc) is 2.22. The van der Waals surface area contributed by atoms with E-state index in [1.807, 2.05) is 13.8 Å². The van der Waals surface area contributed by atoms with Crippen molar-refractivity contribution in [2.75, 3.05) is 31.7 Å². The molecule has 0 amide bonds. The Bertz CT molecular complexity index is 268. The first-order valence-corrected chi connectivity index (χ1v) is 7.92. The van der Waals surface area contributed by atoms with Gasteiger partial charge in [-0.3, -0.25) is 0 Å². The minimum absolute atomic E-state index is 0.0421. The number of aliphatic hydroxyl groups is 1. The van der Waals surface area contributed by atoms with E-state index in [0.29, 0.717) is 6.54 Å². The van der Waals surface area contributed by atoms with E-state index in [1.54, 1.807) is 18.8 Å². The molecule has 0 saturated heterocycles. The van der Waals surface area contributed by atoms with Gasteiger partial charge in [0.1, 0.15) is 0 Å². The third kappa shape index (κ3) is 6.70. The van der Waals surface area contributed by atoms with Gasteiger partial charge >= 0.3 is 0 Å². The predicted molar refractivity (Wildman–Crippen MR) is 68.8 cm³/mol. The van der Waals surface area contributed by atoms with Crippen LogP contribution in [-0.4, -0.2) is 55.6 Å². The summed E-state index contributed by atoms with van der Waals surface area (Å²) in [6.45, 7) is 4.27. The molecule has 0 aromatic heterocycles. The summed E-state index contributed by atoms with van der Waals surface area (Å²) in [7, 11) is -1.77. The van der Waals surface area contributed by atoms with Crippen molar-refractivity contribution in [3.05, 3.63) is 0 Å². The first-order chi connectivity index (χ1) is 7.41. The minimum Gasteiger partial charge on any atom is -0.396 e. The summed E-state index contributed by atoms with van der Waals surface area (Å²) in [5.74, 6) is 1.59. The van der Waals surface area contributed by atoms with Gasteiger partial charge in [0.25, 0.3) is 10.2 Å². The SMILES string of the molecule is CC(C)N(C)S(=O)(=O)NCCSCCCO. The standard InChI is InChI=1S/C9H22N2O3S2/c1-9(2)11(3)16(13,14)10-5-8-15-7-4-6-12/h9-10,12H,4-8H2,1-3H3. The molecule has 0 atom stereocenters. The lowest BCUT2D eigenvalue weighted by Gasteiger charge is -2.21. The number of thioether (sulfide) groups is 1. The Morgan fingerprint density at radius 1 is 1.38 bits per heavy atom. The monoisotopic (exact) mass is 270 g/mol. The summed E-state index contributed by atoms with van der Waals surface area (Å²) >= 11 is 1.63. The van der Waals surface area contributed by atoms with Crippen LogP contribution < -0.4 is 4.72 Å². The van der Waals surface area contributed by atoms with Gasteiger partial charge in [-0.15, -0.1) is 0 Å². The smallest absolute Gasteiger partial charge is 0.279 e. The molecular weight excluding hydrogens is 248 g/mol. The molecule has 0 aromatic carbocycles. The summed E-state index contributed by atoms with van der Waals surface area (Å²) in [4.78, 5) is 0. The normalized spacial score (nSPS) is 12.6. The number of nitrogens with one attached hydrogen (secondary N) is 1. The Morgan fingerprint density at radius 2 is 2.00 bits per heavy atom. The van der Waals surface area contributed by atoms with E-state index in [9.17, 15) is 8.42 Å². The second-order valence-electron chi connectivity index (χ2n) is 3.70. The summed E-state index contributed by atoms with van der Waals surface area (Å²) in [5.41, 5.74) is 0. The summed E-state index contributed by atoms with van der Waals surface area (Å²) < 4.78 is 27.1. The van der Waals surface area contributed by atoms with Crippen molar-refractivity contribution >= 4 is 22.0 Å². The zero-order valence-corrected chi connectivity index (χ0v) is 11.8. The average molecular weight is 270 g/mol. The molecule has 0 saturated carbocycles. The van der Waals surface area contributed by atoms with Crippen LogP contribution in [-0.2, 0) is 10.2 Å². The summed E-state index contributed by atoms with van der Waals surface area (Å²) in [6, 6.07) is -0.0421. The minimum atomic E-state index is -3.33. The van der Waals surface area contributed by atoms with Gasteiger partial charge in [0, 0.05) is 32.0 Å². The van der Waals surface area contributed by atoms with Gasteiger partial charge in [0.15, 0.2) is 0 Å². The van der Waals surface area contributed by atoms with Crippen molar-refractivity contribution in [2.24, 2.45) is 0 Å². The molecule has 2 N–H and O–H groups in total. The van der Waals surface area contributed by atoms with Gasteiger partial charge in [0.05, 0.1) is 0 Å². The second-order valence-corrected chi connectivity index (χ2v) is 6.74. The van der Waals surface area contributed by atoms with E-state index >= 15 is 0 Å². The van der Waals surface area contributed by atoms with Crippen LogP contribution >= 0.6 is 11.8 Å². The molecule has 0 aliphatic rings. The van der Waals surface area contributed by atoms with E-state index in [-0.39, 0.29) is 12.6 Å². The molecule has 0 aliphatic heterocycles. The van der Waals surface area contributed by atoms with Gasteiger partial charge in [-0.25, -0.2) is 4.72 Å². The van der Waals surface area contributed by atoms with Crippen LogP contribution in [0.2, 0.25) is 0 Å². The number of aliphatic hydroxyl groups excluding tert-OH is 1. The largest absolute Gasteiger partial charge is 0.396 e. The number of nitrogens with zero attached hydrogens (tertiary/aromatic N) is 1. The predicted octanol–water partition coefficient (Wildman–Crippen LogP) is 0.277. The third-order valence-electron chi connectivity index (χ3n) is 2.08. The van der Waals surface area contributed by atoms with E-state index in [1.165, 1.54) is 4.31 Å². The van der Waals surface area contributed by atoms with Crippen LogP contribution in [0.5, 0.6) is 0 Å². The molecular formula is C9H22N2O3S2. The van der Waals surface area contributed by atoms with E-state index in [0.717, 1.165) is 17.9 Å². The van der Waals surface area contributed by atoms with Crippen LogP contribution in [0.15, 0.2) is 0 Å². The first kappa shape index (κ1) is 16.2. The molecule has 0 aliphatic carbocycles. The number of hydrogen-bond donors (Lipinski definition) is 2. The zero-order chi connectivity index (χ0) is 12.6. The fourth-order valence-corrected chi connectivity index (χ4v) is 2.92. The van der Waals surface area contributed by atoms with Crippen LogP contribution in [0.4, 0.5) is 0 Å². The van der Waals surface area contributed by atoms with Crippen LogP contribution in [0, 0.1) is 0 Å². The lowest BCUT2D eigenvalue weighted by Crippen LogP contribution is -2.42. The van der Waals surface area contributed by atoms with Gasteiger partial charge in [0.2, 0.25) is 0 Å². The fraction of sp³-hybridized carbons (Fsp3) is 1.00. The summed E-state index contributed by atoms with van der Waals surface area (Å²) in [6.07, 6.45) is 0.753. The molecule has 0 radical (unpaired) electrons. The van der Waals surface area contributed by atoms with Gasteiger partial charge in [-0.2, -0.15) is 24.5 Å². The molecule has 0 fully saturated rings. The van der Waals surface area contributed by atoms with Crippen molar-refractivity contribution in [1.82, 2.24) is 9.03 Å². The highest BCUT2D eigenvalue weighted by molar-refractivity contribution is 7.99. The van der Waals surface area contributed by atoms with Crippen molar-refractivity contribution in [1.29, 1.82) is 0 Å². The fourth-order valence-electron chi connectivity index (χ4n) is 0.891. The molecule has 0 bridgehead atoms. The molecule has 0 rings (SSSR count). The van der Waals surface area contributed by atoms with Crippen LogP contribution in [0.25, 0.3) is 0 Å². The summed E-state index contributed by atoms with van der Waals surface area (Å²) in [5, 5.41) is 8.55. The van der Waals surface area contributed by atoms with Crippen LogP contribution in [0.1, 0.15) is 20.3 Å². The molecule has 0 spiro atoms. The topological polar surface area (TPSA) is 69.6 Å².